The summed E-state index contributed by atoms with van der Waals surface area (Å²) in [5.74, 6) is 0.0256. The number of hydrogen-bond acceptors (Lipinski definition) is 4. The molecule has 0 radical (unpaired) electrons. The largest absolute Gasteiger partial charge is 0.340 e. The Labute approximate surface area is 165 Å². The number of fused-ring (bicyclic) bond motifs is 1. The third-order valence-electron chi connectivity index (χ3n) is 5.31. The number of amides is 1. The number of nitrogens with zero attached hydrogens (tertiary/aromatic N) is 3. The number of pyridine rings is 1. The van der Waals surface area contributed by atoms with Crippen LogP contribution in [0.2, 0.25) is 0 Å². The van der Waals surface area contributed by atoms with Crippen LogP contribution in [-0.2, 0) is 0 Å². The zero-order chi connectivity index (χ0) is 19.5. The van der Waals surface area contributed by atoms with Gasteiger partial charge in [0.25, 0.3) is 5.91 Å². The zero-order valence-corrected chi connectivity index (χ0v) is 16.4. The van der Waals surface area contributed by atoms with Gasteiger partial charge in [-0.15, -0.1) is 0 Å². The van der Waals surface area contributed by atoms with Crippen LogP contribution < -0.4 is 10.9 Å². The van der Waals surface area contributed by atoms with Crippen LogP contribution in [0, 0.1) is 0 Å². The van der Waals surface area contributed by atoms with E-state index in [4.69, 9.17) is 0 Å². The maximum atomic E-state index is 12.9. The molecule has 146 valence electrons. The number of rotatable bonds is 6. The van der Waals surface area contributed by atoms with Gasteiger partial charge in [0.05, 0.1) is 11.3 Å². The lowest BCUT2D eigenvalue weighted by Crippen LogP contribution is -2.41. The second-order valence-electron chi connectivity index (χ2n) is 7.57. The predicted octanol–water partition coefficient (Wildman–Crippen LogP) is 3.11. The molecule has 2 atom stereocenters. The molecule has 1 aliphatic heterocycles. The van der Waals surface area contributed by atoms with E-state index in [2.05, 4.69) is 22.8 Å². The Morgan fingerprint density at radius 2 is 1.93 bits per heavy atom. The van der Waals surface area contributed by atoms with Crippen LogP contribution in [0.15, 0.2) is 54.9 Å². The maximum absolute atomic E-state index is 12.9. The highest BCUT2D eigenvalue weighted by Crippen LogP contribution is 2.19. The molecular formula is C22H27N5O. The molecule has 6 heteroatoms. The van der Waals surface area contributed by atoms with Gasteiger partial charge in [0.15, 0.2) is 0 Å². The van der Waals surface area contributed by atoms with Crippen molar-refractivity contribution in [1.82, 2.24) is 25.1 Å². The Bertz CT molecular complexity index is 952. The van der Waals surface area contributed by atoms with Crippen LogP contribution in [0.3, 0.4) is 0 Å². The van der Waals surface area contributed by atoms with E-state index in [0.717, 1.165) is 36.2 Å². The molecule has 0 saturated carbocycles. The second-order valence-corrected chi connectivity index (χ2v) is 7.57. The molecule has 2 N–H and O–H groups in total. The molecule has 6 nitrogen and oxygen atoms in total. The molecule has 0 bridgehead atoms. The number of likely N-dealkylation sites (N-methyl/N-ethyl adjacent to an activating group) is 1. The van der Waals surface area contributed by atoms with Crippen molar-refractivity contribution < 1.29 is 4.79 Å². The SMILES string of the molecule is CCCC1CC(CN(C)C(=O)c2ccc3nc(-c4ccccc4)cn3c2)NN1. The first-order chi connectivity index (χ1) is 13.6. The number of aromatic nitrogens is 2. The van der Waals surface area contributed by atoms with Crippen LogP contribution in [0.25, 0.3) is 16.9 Å². The number of hydrazine groups is 1. The molecule has 1 amide bonds. The summed E-state index contributed by atoms with van der Waals surface area (Å²) in [5, 5.41) is 0. The molecule has 0 aliphatic carbocycles. The monoisotopic (exact) mass is 377 g/mol. The number of nitrogens with one attached hydrogen (secondary N) is 2. The smallest absolute Gasteiger partial charge is 0.255 e. The highest BCUT2D eigenvalue weighted by Gasteiger charge is 2.25. The summed E-state index contributed by atoms with van der Waals surface area (Å²) in [6.45, 7) is 2.88. The van der Waals surface area contributed by atoms with Crippen molar-refractivity contribution in [3.8, 4) is 11.3 Å². The molecule has 3 aromatic rings. The van der Waals surface area contributed by atoms with Crippen LogP contribution in [0.5, 0.6) is 0 Å². The molecule has 3 heterocycles. The number of hydrogen-bond donors (Lipinski definition) is 2. The zero-order valence-electron chi connectivity index (χ0n) is 16.4. The minimum Gasteiger partial charge on any atom is -0.340 e. The van der Waals surface area contributed by atoms with Gasteiger partial charge in [-0.05, 0) is 25.0 Å². The number of carbonyl (C=O) groups is 1. The lowest BCUT2D eigenvalue weighted by atomic mass is 10.1. The Morgan fingerprint density at radius 3 is 2.71 bits per heavy atom. The van der Waals surface area contributed by atoms with E-state index in [1.54, 1.807) is 4.90 Å². The van der Waals surface area contributed by atoms with Crippen molar-refractivity contribution in [2.75, 3.05) is 13.6 Å². The predicted molar refractivity (Wildman–Crippen MR) is 111 cm³/mol. The van der Waals surface area contributed by atoms with E-state index in [0.29, 0.717) is 18.2 Å². The third kappa shape index (κ3) is 3.93. The minimum atomic E-state index is 0.0256. The van der Waals surface area contributed by atoms with Crippen LogP contribution in [-0.4, -0.2) is 45.9 Å². The average molecular weight is 377 g/mol. The van der Waals surface area contributed by atoms with E-state index >= 15 is 0 Å². The summed E-state index contributed by atoms with van der Waals surface area (Å²) in [7, 11) is 1.87. The molecule has 1 saturated heterocycles. The normalized spacial score (nSPS) is 19.2. The highest BCUT2D eigenvalue weighted by molar-refractivity contribution is 5.94. The number of benzene rings is 1. The van der Waals surface area contributed by atoms with Crippen molar-refractivity contribution in [1.29, 1.82) is 0 Å². The summed E-state index contributed by atoms with van der Waals surface area (Å²) in [4.78, 5) is 19.4. The van der Waals surface area contributed by atoms with Gasteiger partial charge in [-0.2, -0.15) is 0 Å². The summed E-state index contributed by atoms with van der Waals surface area (Å²) >= 11 is 0. The molecule has 28 heavy (non-hydrogen) atoms. The lowest BCUT2D eigenvalue weighted by molar-refractivity contribution is 0.0782. The van der Waals surface area contributed by atoms with Gasteiger partial charge >= 0.3 is 0 Å². The fourth-order valence-corrected chi connectivity index (χ4v) is 3.86. The molecule has 4 rings (SSSR count). The summed E-state index contributed by atoms with van der Waals surface area (Å²) in [5.41, 5.74) is 10.1. The van der Waals surface area contributed by atoms with Gasteiger partial charge in [-0.3, -0.25) is 15.6 Å². The molecule has 0 spiro atoms. The van der Waals surface area contributed by atoms with Crippen molar-refractivity contribution in [3.05, 3.63) is 60.4 Å². The molecule has 2 unspecified atom stereocenters. The van der Waals surface area contributed by atoms with Crippen molar-refractivity contribution >= 4 is 11.6 Å². The van der Waals surface area contributed by atoms with Gasteiger partial charge in [0, 0.05) is 43.6 Å². The molecule has 1 aliphatic rings. The van der Waals surface area contributed by atoms with Crippen LogP contribution in [0.1, 0.15) is 36.5 Å². The van der Waals surface area contributed by atoms with Gasteiger partial charge < -0.3 is 9.30 Å². The van der Waals surface area contributed by atoms with E-state index in [9.17, 15) is 4.79 Å². The Morgan fingerprint density at radius 1 is 1.14 bits per heavy atom. The Hall–Kier alpha value is -2.70. The summed E-state index contributed by atoms with van der Waals surface area (Å²) < 4.78 is 1.93. The molecule has 1 aromatic carbocycles. The van der Waals surface area contributed by atoms with Crippen molar-refractivity contribution in [2.45, 2.75) is 38.3 Å². The second kappa shape index (κ2) is 8.12. The van der Waals surface area contributed by atoms with Crippen molar-refractivity contribution in [2.24, 2.45) is 0 Å². The summed E-state index contributed by atoms with van der Waals surface area (Å²) in [6, 6.07) is 14.6. The van der Waals surface area contributed by atoms with Crippen LogP contribution in [0.4, 0.5) is 0 Å². The number of carbonyl (C=O) groups excluding carboxylic acids is 1. The number of imidazole rings is 1. The quantitative estimate of drug-likeness (QED) is 0.693. The van der Waals surface area contributed by atoms with Gasteiger partial charge in [-0.1, -0.05) is 43.7 Å². The van der Waals surface area contributed by atoms with E-state index in [1.807, 2.05) is 66.3 Å². The molecule has 2 aromatic heterocycles. The van der Waals surface area contributed by atoms with E-state index < -0.39 is 0 Å². The fraction of sp³-hybridized carbons (Fsp3) is 0.364. The maximum Gasteiger partial charge on any atom is 0.255 e. The standard InChI is InChI=1S/C22H27N5O/c1-3-7-18-12-19(25-24-18)14-26(2)22(28)17-10-11-21-23-20(15-27(21)13-17)16-8-5-4-6-9-16/h4-6,8-11,13,15,18-19,24-25H,3,7,12,14H2,1-2H3. The third-order valence-corrected chi connectivity index (χ3v) is 5.31. The van der Waals surface area contributed by atoms with Gasteiger partial charge in [-0.25, -0.2) is 4.98 Å². The lowest BCUT2D eigenvalue weighted by Gasteiger charge is -2.21. The molecule has 1 fully saturated rings. The summed E-state index contributed by atoms with van der Waals surface area (Å²) in [6.07, 6.45) is 7.21. The van der Waals surface area contributed by atoms with Crippen molar-refractivity contribution in [3.63, 3.8) is 0 Å². The highest BCUT2D eigenvalue weighted by atomic mass is 16.2. The molecular weight excluding hydrogens is 350 g/mol. The Balaban J connectivity index is 1.46. The van der Waals surface area contributed by atoms with Gasteiger partial charge in [0.1, 0.15) is 5.65 Å². The Kier molecular flexibility index (Phi) is 5.41. The fourth-order valence-electron chi connectivity index (χ4n) is 3.86. The first-order valence-corrected chi connectivity index (χ1v) is 9.94. The van der Waals surface area contributed by atoms with Crippen LogP contribution >= 0.6 is 0 Å². The average Bonchev–Trinajstić information content (AvgIpc) is 3.34. The first kappa shape index (κ1) is 18.7. The topological polar surface area (TPSA) is 61.7 Å². The minimum absolute atomic E-state index is 0.0256. The first-order valence-electron chi connectivity index (χ1n) is 9.94. The van der Waals surface area contributed by atoms with Gasteiger partial charge in [0.2, 0.25) is 0 Å². The van der Waals surface area contributed by atoms with E-state index in [1.165, 1.54) is 0 Å². The van der Waals surface area contributed by atoms with E-state index in [-0.39, 0.29) is 11.9 Å².